The number of pyridine rings is 1. The topological polar surface area (TPSA) is 89.5 Å². The predicted octanol–water partition coefficient (Wildman–Crippen LogP) is -0.498. The van der Waals surface area contributed by atoms with Crippen LogP contribution in [0.25, 0.3) is 0 Å². The molecule has 0 aliphatic rings. The molecule has 1 aromatic rings. The third-order valence-electron chi connectivity index (χ3n) is 1.42. The van der Waals surface area contributed by atoms with E-state index in [0.29, 0.717) is 6.54 Å². The van der Waals surface area contributed by atoms with E-state index < -0.39 is 6.03 Å². The molecule has 3 N–H and O–H groups in total. The molecule has 0 aromatic carbocycles. The number of primary amides is 1. The fourth-order valence-corrected chi connectivity index (χ4v) is 0.810. The van der Waals surface area contributed by atoms with E-state index in [1.165, 1.54) is 18.3 Å². The van der Waals surface area contributed by atoms with Crippen LogP contribution in [-0.2, 0) is 6.54 Å². The summed E-state index contributed by atoms with van der Waals surface area (Å²) in [5, 5.41) is 3.54. The van der Waals surface area contributed by atoms with Crippen LogP contribution in [0.3, 0.4) is 0 Å². The van der Waals surface area contributed by atoms with Crippen LogP contribution >= 0.6 is 0 Å². The van der Waals surface area contributed by atoms with Crippen molar-refractivity contribution in [2.24, 2.45) is 10.8 Å². The summed E-state index contributed by atoms with van der Waals surface area (Å²) in [5.41, 5.74) is 6.79. The standard InChI is InChI=1S/C8H10N4O2/c9-8(14)11-10-3-6-12-4-1-7(13)2-5-12/h1-5H,6H2,(H3,9,11,14)/b10-3+. The second-order valence-corrected chi connectivity index (χ2v) is 2.52. The maximum absolute atomic E-state index is 10.7. The van der Waals surface area contributed by atoms with Crippen molar-refractivity contribution in [3.63, 3.8) is 0 Å². The van der Waals surface area contributed by atoms with Crippen molar-refractivity contribution < 1.29 is 4.79 Å². The first-order chi connectivity index (χ1) is 6.68. The Morgan fingerprint density at radius 1 is 1.57 bits per heavy atom. The van der Waals surface area contributed by atoms with Gasteiger partial charge in [0.15, 0.2) is 5.43 Å². The van der Waals surface area contributed by atoms with E-state index in [4.69, 9.17) is 5.73 Å². The van der Waals surface area contributed by atoms with Gasteiger partial charge >= 0.3 is 6.03 Å². The SMILES string of the molecule is NC(=O)N/N=C/Cn1ccc(=O)cc1. The number of urea groups is 1. The number of nitrogens with one attached hydrogen (secondary N) is 1. The van der Waals surface area contributed by atoms with Crippen molar-refractivity contribution in [1.82, 2.24) is 9.99 Å². The van der Waals surface area contributed by atoms with Gasteiger partial charge in [-0.1, -0.05) is 0 Å². The average Bonchev–Trinajstić information content (AvgIpc) is 2.15. The van der Waals surface area contributed by atoms with E-state index in [9.17, 15) is 9.59 Å². The highest BCUT2D eigenvalue weighted by Gasteiger charge is 1.86. The zero-order valence-electron chi connectivity index (χ0n) is 7.38. The zero-order valence-corrected chi connectivity index (χ0v) is 7.38. The van der Waals surface area contributed by atoms with Gasteiger partial charge in [-0.25, -0.2) is 10.2 Å². The number of carbonyl (C=O) groups is 1. The Bertz CT molecular complexity index is 376. The molecule has 0 atom stereocenters. The smallest absolute Gasteiger partial charge is 0.332 e. The van der Waals surface area contributed by atoms with Crippen LogP contribution in [0, 0.1) is 0 Å². The number of rotatable bonds is 3. The lowest BCUT2D eigenvalue weighted by molar-refractivity contribution is 0.249. The Morgan fingerprint density at radius 2 is 2.21 bits per heavy atom. The Morgan fingerprint density at radius 3 is 2.79 bits per heavy atom. The maximum atomic E-state index is 10.7. The number of carbonyl (C=O) groups excluding carboxylic acids is 1. The first-order valence-corrected chi connectivity index (χ1v) is 3.91. The minimum Gasteiger partial charge on any atom is -0.350 e. The highest BCUT2D eigenvalue weighted by atomic mass is 16.2. The molecular formula is C8H10N4O2. The Balaban J connectivity index is 2.45. The molecule has 0 bridgehead atoms. The Labute approximate surface area is 80.0 Å². The van der Waals surface area contributed by atoms with Gasteiger partial charge in [0.25, 0.3) is 0 Å². The van der Waals surface area contributed by atoms with E-state index >= 15 is 0 Å². The average molecular weight is 194 g/mol. The number of hydrogen-bond donors (Lipinski definition) is 2. The van der Waals surface area contributed by atoms with Crippen molar-refractivity contribution in [2.75, 3.05) is 0 Å². The first kappa shape index (κ1) is 9.97. The van der Waals surface area contributed by atoms with Crippen LogP contribution in [0.15, 0.2) is 34.4 Å². The molecule has 0 aliphatic heterocycles. The van der Waals surface area contributed by atoms with Crippen LogP contribution in [0.4, 0.5) is 4.79 Å². The highest BCUT2D eigenvalue weighted by Crippen LogP contribution is 1.81. The first-order valence-electron chi connectivity index (χ1n) is 3.91. The minimum absolute atomic E-state index is 0.0477. The van der Waals surface area contributed by atoms with Gasteiger partial charge in [0.1, 0.15) is 0 Å². The van der Waals surface area contributed by atoms with Gasteiger partial charge in [-0.15, -0.1) is 0 Å². The number of nitrogens with zero attached hydrogens (tertiary/aromatic N) is 2. The number of nitrogens with two attached hydrogens (primary N) is 1. The molecule has 1 aromatic heterocycles. The quantitative estimate of drug-likeness (QED) is 0.502. The second kappa shape index (κ2) is 4.80. The molecular weight excluding hydrogens is 184 g/mol. The van der Waals surface area contributed by atoms with Crippen molar-refractivity contribution in [2.45, 2.75) is 6.54 Å². The summed E-state index contributed by atoms with van der Waals surface area (Å²) in [7, 11) is 0. The number of hydrogen-bond acceptors (Lipinski definition) is 3. The normalized spacial score (nSPS) is 10.3. The van der Waals surface area contributed by atoms with Crippen LogP contribution in [0.5, 0.6) is 0 Å². The molecule has 14 heavy (non-hydrogen) atoms. The van der Waals surface area contributed by atoms with Crippen molar-refractivity contribution in [1.29, 1.82) is 0 Å². The number of hydrazone groups is 1. The molecule has 0 fully saturated rings. The van der Waals surface area contributed by atoms with Gasteiger partial charge < -0.3 is 10.3 Å². The molecule has 74 valence electrons. The molecule has 0 aliphatic carbocycles. The molecule has 1 heterocycles. The van der Waals surface area contributed by atoms with Crippen LogP contribution in [0.2, 0.25) is 0 Å². The van der Waals surface area contributed by atoms with Gasteiger partial charge in [-0.2, -0.15) is 5.10 Å². The molecule has 0 saturated heterocycles. The minimum atomic E-state index is -0.707. The molecule has 6 heteroatoms. The Kier molecular flexibility index (Phi) is 3.42. The fraction of sp³-hybridized carbons (Fsp3) is 0.125. The van der Waals surface area contributed by atoms with Crippen molar-refractivity contribution >= 4 is 12.2 Å². The monoisotopic (exact) mass is 194 g/mol. The molecule has 0 unspecified atom stereocenters. The van der Waals surface area contributed by atoms with Gasteiger partial charge in [-0.05, 0) is 0 Å². The lowest BCUT2D eigenvalue weighted by Crippen LogP contribution is -2.24. The van der Waals surface area contributed by atoms with E-state index in [2.05, 4.69) is 10.5 Å². The third kappa shape index (κ3) is 3.53. The molecule has 0 spiro atoms. The lowest BCUT2D eigenvalue weighted by atomic mass is 10.4. The van der Waals surface area contributed by atoms with E-state index in [0.717, 1.165) is 0 Å². The Hall–Kier alpha value is -2.11. The van der Waals surface area contributed by atoms with Crippen LogP contribution in [0.1, 0.15) is 0 Å². The summed E-state index contributed by atoms with van der Waals surface area (Å²) in [6.07, 6.45) is 4.71. The number of amides is 2. The van der Waals surface area contributed by atoms with E-state index in [-0.39, 0.29) is 5.43 Å². The van der Waals surface area contributed by atoms with E-state index in [1.807, 2.05) is 0 Å². The summed E-state index contributed by atoms with van der Waals surface area (Å²) < 4.78 is 1.73. The summed E-state index contributed by atoms with van der Waals surface area (Å²) in [4.78, 5) is 20.9. The van der Waals surface area contributed by atoms with Gasteiger partial charge in [0.2, 0.25) is 0 Å². The van der Waals surface area contributed by atoms with Crippen molar-refractivity contribution in [3.8, 4) is 0 Å². The van der Waals surface area contributed by atoms with Crippen LogP contribution in [-0.4, -0.2) is 16.8 Å². The number of aromatic nitrogens is 1. The maximum Gasteiger partial charge on any atom is 0.332 e. The van der Waals surface area contributed by atoms with E-state index in [1.54, 1.807) is 17.0 Å². The van der Waals surface area contributed by atoms with Gasteiger partial charge in [0, 0.05) is 30.7 Å². The fourth-order valence-electron chi connectivity index (χ4n) is 0.810. The summed E-state index contributed by atoms with van der Waals surface area (Å²) in [6.45, 7) is 0.459. The predicted molar refractivity (Wildman–Crippen MR) is 51.9 cm³/mol. The highest BCUT2D eigenvalue weighted by molar-refractivity contribution is 5.72. The molecule has 2 amide bonds. The molecule has 1 rings (SSSR count). The lowest BCUT2D eigenvalue weighted by Gasteiger charge is -1.99. The molecule has 0 radical (unpaired) electrons. The zero-order chi connectivity index (χ0) is 10.4. The summed E-state index contributed by atoms with van der Waals surface area (Å²) >= 11 is 0. The molecule has 6 nitrogen and oxygen atoms in total. The second-order valence-electron chi connectivity index (χ2n) is 2.52. The van der Waals surface area contributed by atoms with Crippen molar-refractivity contribution in [3.05, 3.63) is 34.7 Å². The summed E-state index contributed by atoms with van der Waals surface area (Å²) in [5.74, 6) is 0. The van der Waals surface area contributed by atoms with Gasteiger partial charge in [0.05, 0.1) is 6.54 Å². The molecule has 0 saturated carbocycles. The largest absolute Gasteiger partial charge is 0.350 e. The van der Waals surface area contributed by atoms with Crippen LogP contribution < -0.4 is 16.6 Å². The third-order valence-corrected chi connectivity index (χ3v) is 1.42. The summed E-state index contributed by atoms with van der Waals surface area (Å²) in [6, 6.07) is 2.17. The van der Waals surface area contributed by atoms with Gasteiger partial charge in [-0.3, -0.25) is 4.79 Å².